The Morgan fingerprint density at radius 3 is 0.836 bits per heavy atom. The smallest absolute Gasteiger partial charge is 0.306 e. The zero-order chi connectivity index (χ0) is 52.9. The van der Waals surface area contributed by atoms with E-state index in [0.29, 0.717) is 19.3 Å². The second-order valence-electron chi connectivity index (χ2n) is 18.8. The number of carbonyl (C=O) groups is 3. The van der Waals surface area contributed by atoms with E-state index in [2.05, 4.69) is 167 Å². The second kappa shape index (κ2) is 59.8. The quantitative estimate of drug-likeness (QED) is 0.0261. The van der Waals surface area contributed by atoms with E-state index in [1.807, 2.05) is 0 Å². The van der Waals surface area contributed by atoms with Crippen LogP contribution in [0, 0.1) is 0 Å². The summed E-state index contributed by atoms with van der Waals surface area (Å²) in [6.07, 6.45) is 86.1. The molecule has 410 valence electrons. The number of esters is 3. The van der Waals surface area contributed by atoms with E-state index in [4.69, 9.17) is 14.2 Å². The fraction of sp³-hybridized carbons (Fsp3) is 0.597. The van der Waals surface area contributed by atoms with Crippen LogP contribution in [0.4, 0.5) is 0 Å². The number of rotatable bonds is 51. The van der Waals surface area contributed by atoms with E-state index in [1.165, 1.54) is 25.7 Å². The predicted molar refractivity (Wildman–Crippen MR) is 315 cm³/mol. The highest BCUT2D eigenvalue weighted by atomic mass is 16.6. The first-order valence-corrected chi connectivity index (χ1v) is 29.3. The molecule has 0 fully saturated rings. The Labute approximate surface area is 448 Å². The molecule has 0 aromatic rings. The van der Waals surface area contributed by atoms with E-state index in [9.17, 15) is 14.4 Å². The molecule has 0 aliphatic carbocycles. The molecule has 1 unspecified atom stereocenters. The molecule has 0 bridgehead atoms. The molecule has 0 aliphatic rings. The van der Waals surface area contributed by atoms with Gasteiger partial charge < -0.3 is 14.2 Å². The van der Waals surface area contributed by atoms with Crippen molar-refractivity contribution in [2.24, 2.45) is 0 Å². The highest BCUT2D eigenvalue weighted by molar-refractivity contribution is 5.71. The van der Waals surface area contributed by atoms with Crippen LogP contribution < -0.4 is 0 Å². The first-order chi connectivity index (χ1) is 36.0. The van der Waals surface area contributed by atoms with Gasteiger partial charge in [-0.25, -0.2) is 0 Å². The first kappa shape index (κ1) is 68.3. The minimum absolute atomic E-state index is 0.0933. The fourth-order valence-corrected chi connectivity index (χ4v) is 7.51. The standard InChI is InChI=1S/C67H106O6/c1-4-7-10-13-15-17-19-21-23-24-25-26-27-28-29-30-31-32-33-34-35-36-37-38-39-40-41-42-44-45-47-49-51-54-57-60-66(69)72-63-64(62-71-65(68)59-56-53-12-9-6-3)73-67(70)61-58-55-52-50-48-46-43-22-20-18-16-14-11-8-5-2/h7-8,10-11,15-18,21-23,25-26,28-29,31-32,34-35,37-38,40-41,43,64H,4-6,9,12-14,19-20,24,27,30,33,36,39,42,44-63H2,1-3H3/b10-7-,11-8-,17-15-,18-16-,23-21-,26-25-,29-28-,32-31-,35-34-,38-37-,41-40-,43-22-. The van der Waals surface area contributed by atoms with Crippen molar-refractivity contribution in [2.45, 2.75) is 245 Å². The van der Waals surface area contributed by atoms with Gasteiger partial charge >= 0.3 is 17.9 Å². The molecule has 0 heterocycles. The van der Waals surface area contributed by atoms with Gasteiger partial charge in [-0.2, -0.15) is 0 Å². The van der Waals surface area contributed by atoms with Crippen molar-refractivity contribution < 1.29 is 28.6 Å². The first-order valence-electron chi connectivity index (χ1n) is 29.3. The van der Waals surface area contributed by atoms with Crippen molar-refractivity contribution >= 4 is 17.9 Å². The lowest BCUT2D eigenvalue weighted by Crippen LogP contribution is -2.30. The summed E-state index contributed by atoms with van der Waals surface area (Å²) < 4.78 is 16.7. The van der Waals surface area contributed by atoms with Gasteiger partial charge in [0.2, 0.25) is 0 Å². The van der Waals surface area contributed by atoms with E-state index in [-0.39, 0.29) is 31.1 Å². The van der Waals surface area contributed by atoms with Gasteiger partial charge in [-0.3, -0.25) is 14.4 Å². The number of unbranched alkanes of at least 4 members (excludes halogenated alkanes) is 16. The van der Waals surface area contributed by atoms with Crippen molar-refractivity contribution in [2.75, 3.05) is 13.2 Å². The van der Waals surface area contributed by atoms with Gasteiger partial charge in [-0.05, 0) is 122 Å². The maximum Gasteiger partial charge on any atom is 0.306 e. The lowest BCUT2D eigenvalue weighted by molar-refractivity contribution is -0.167. The zero-order valence-electron chi connectivity index (χ0n) is 46.8. The van der Waals surface area contributed by atoms with Gasteiger partial charge in [0, 0.05) is 19.3 Å². The van der Waals surface area contributed by atoms with E-state index < -0.39 is 6.10 Å². The molecule has 1 atom stereocenters. The number of hydrogen-bond donors (Lipinski definition) is 0. The molecule has 73 heavy (non-hydrogen) atoms. The summed E-state index contributed by atoms with van der Waals surface area (Å²) in [7, 11) is 0. The van der Waals surface area contributed by atoms with Crippen LogP contribution >= 0.6 is 0 Å². The summed E-state index contributed by atoms with van der Waals surface area (Å²) in [4.78, 5) is 37.8. The molecule has 0 aromatic heterocycles. The summed E-state index contributed by atoms with van der Waals surface area (Å²) in [5.74, 6) is -0.943. The van der Waals surface area contributed by atoms with Crippen LogP contribution in [0.15, 0.2) is 146 Å². The monoisotopic (exact) mass is 1010 g/mol. The third-order valence-corrected chi connectivity index (χ3v) is 11.8. The maximum absolute atomic E-state index is 12.7. The Morgan fingerprint density at radius 1 is 0.288 bits per heavy atom. The van der Waals surface area contributed by atoms with Gasteiger partial charge in [-0.15, -0.1) is 0 Å². The number of allylic oxidation sites excluding steroid dienone is 24. The van der Waals surface area contributed by atoms with Crippen molar-refractivity contribution in [3.05, 3.63) is 146 Å². The van der Waals surface area contributed by atoms with Crippen LogP contribution in [-0.4, -0.2) is 37.2 Å². The minimum Gasteiger partial charge on any atom is -0.462 e. The Morgan fingerprint density at radius 2 is 0.534 bits per heavy atom. The Kier molecular flexibility index (Phi) is 56.0. The molecule has 6 nitrogen and oxygen atoms in total. The lowest BCUT2D eigenvalue weighted by Gasteiger charge is -2.18. The van der Waals surface area contributed by atoms with E-state index in [0.717, 1.165) is 173 Å². The van der Waals surface area contributed by atoms with E-state index in [1.54, 1.807) is 0 Å². The third-order valence-electron chi connectivity index (χ3n) is 11.8. The van der Waals surface area contributed by atoms with Crippen LogP contribution in [-0.2, 0) is 28.6 Å². The molecule has 0 aromatic carbocycles. The van der Waals surface area contributed by atoms with Gasteiger partial charge in [0.1, 0.15) is 13.2 Å². The van der Waals surface area contributed by atoms with Crippen molar-refractivity contribution in [1.29, 1.82) is 0 Å². The van der Waals surface area contributed by atoms with Crippen molar-refractivity contribution in [3.63, 3.8) is 0 Å². The zero-order valence-corrected chi connectivity index (χ0v) is 46.8. The van der Waals surface area contributed by atoms with Crippen molar-refractivity contribution in [3.8, 4) is 0 Å². The highest BCUT2D eigenvalue weighted by Gasteiger charge is 2.19. The molecule has 0 aliphatic heterocycles. The SMILES string of the molecule is CC/C=C\C/C=C\C/C=C\C/C=C\C/C=C\C/C=C\C/C=C\C/C=C\C/C=C\CCCCCCCCCC(=O)OCC(COC(=O)CCCCCCC)OC(=O)CCCCCCC/C=C\C/C=C\C/C=C\CC. The number of hydrogen-bond acceptors (Lipinski definition) is 6. The van der Waals surface area contributed by atoms with Crippen LogP contribution in [0.2, 0.25) is 0 Å². The van der Waals surface area contributed by atoms with Crippen LogP contribution in [0.3, 0.4) is 0 Å². The van der Waals surface area contributed by atoms with E-state index >= 15 is 0 Å². The molecule has 0 rings (SSSR count). The molecule has 0 saturated heterocycles. The highest BCUT2D eigenvalue weighted by Crippen LogP contribution is 2.13. The summed E-state index contributed by atoms with van der Waals surface area (Å²) in [6.45, 7) is 6.29. The van der Waals surface area contributed by atoms with Crippen LogP contribution in [0.5, 0.6) is 0 Å². The van der Waals surface area contributed by atoms with Crippen LogP contribution in [0.25, 0.3) is 0 Å². The fourth-order valence-electron chi connectivity index (χ4n) is 7.51. The predicted octanol–water partition coefficient (Wildman–Crippen LogP) is 20.0. The largest absolute Gasteiger partial charge is 0.462 e. The molecule has 0 saturated carbocycles. The van der Waals surface area contributed by atoms with Gasteiger partial charge in [0.15, 0.2) is 6.10 Å². The molecule has 0 N–H and O–H groups in total. The van der Waals surface area contributed by atoms with Gasteiger partial charge in [-0.1, -0.05) is 244 Å². The Balaban J connectivity index is 4.10. The van der Waals surface area contributed by atoms with Gasteiger partial charge in [0.05, 0.1) is 0 Å². The molecular formula is C67H106O6. The maximum atomic E-state index is 12.7. The number of ether oxygens (including phenoxy) is 3. The topological polar surface area (TPSA) is 78.9 Å². The van der Waals surface area contributed by atoms with Crippen LogP contribution in [0.1, 0.15) is 239 Å². The molecule has 6 heteroatoms. The molecule has 0 amide bonds. The summed E-state index contributed by atoms with van der Waals surface area (Å²) in [5.41, 5.74) is 0. The number of carbonyl (C=O) groups excluding carboxylic acids is 3. The second-order valence-corrected chi connectivity index (χ2v) is 18.8. The Hall–Kier alpha value is -4.71. The minimum atomic E-state index is -0.792. The lowest BCUT2D eigenvalue weighted by atomic mass is 10.1. The summed E-state index contributed by atoms with van der Waals surface area (Å²) in [5, 5.41) is 0. The molecule has 0 spiro atoms. The summed E-state index contributed by atoms with van der Waals surface area (Å²) >= 11 is 0. The van der Waals surface area contributed by atoms with Gasteiger partial charge in [0.25, 0.3) is 0 Å². The molecule has 0 radical (unpaired) electrons. The average Bonchev–Trinajstić information content (AvgIpc) is 3.39. The molecular weight excluding hydrogens is 901 g/mol. The normalized spacial score (nSPS) is 13.2. The summed E-state index contributed by atoms with van der Waals surface area (Å²) in [6, 6.07) is 0. The Bertz CT molecular complexity index is 1630. The average molecular weight is 1010 g/mol. The van der Waals surface area contributed by atoms with Crippen molar-refractivity contribution in [1.82, 2.24) is 0 Å². The third kappa shape index (κ3) is 58.1.